The highest BCUT2D eigenvalue weighted by molar-refractivity contribution is 14.1. The first-order chi connectivity index (χ1) is 6.56. The number of Topliss-reactive ketones (excluding diaryl/α,β-unsaturated/α-hetero) is 1. The first-order valence-corrected chi connectivity index (χ1v) is 5.11. The number of nitrogens with zero attached hydrogens (tertiary/aromatic N) is 1. The highest BCUT2D eigenvalue weighted by Crippen LogP contribution is 2.22. The van der Waals surface area contributed by atoms with Crippen molar-refractivity contribution in [3.63, 3.8) is 0 Å². The van der Waals surface area contributed by atoms with Crippen molar-refractivity contribution in [3.8, 4) is 0 Å². The molecule has 0 N–H and O–H groups in total. The van der Waals surface area contributed by atoms with E-state index in [-0.39, 0.29) is 11.5 Å². The molecule has 0 bridgehead atoms. The standard InChI is InChI=1S/C9H8INO3/c1-2-9(12)6-3-4-8(11(13)14)7(10)5-6/h3-5H,2H2,1H3. The number of carbonyl (C=O) groups excluding carboxylic acids is 1. The number of hydrogen-bond donors (Lipinski definition) is 0. The molecule has 0 amide bonds. The van der Waals surface area contributed by atoms with E-state index in [0.717, 1.165) is 0 Å². The van der Waals surface area contributed by atoms with Crippen LogP contribution in [0.15, 0.2) is 18.2 Å². The molecule has 5 heteroatoms. The summed E-state index contributed by atoms with van der Waals surface area (Å²) in [6.07, 6.45) is 0.411. The molecule has 1 aromatic rings. The molecule has 1 rings (SSSR count). The molecule has 1 aromatic carbocycles. The number of halogens is 1. The summed E-state index contributed by atoms with van der Waals surface area (Å²) in [7, 11) is 0. The van der Waals surface area contributed by atoms with Crippen molar-refractivity contribution >= 4 is 34.1 Å². The van der Waals surface area contributed by atoms with Crippen LogP contribution in [0.3, 0.4) is 0 Å². The van der Waals surface area contributed by atoms with E-state index in [9.17, 15) is 14.9 Å². The maximum absolute atomic E-state index is 11.3. The van der Waals surface area contributed by atoms with Crippen LogP contribution in [0.2, 0.25) is 0 Å². The Bertz CT molecular complexity index is 390. The van der Waals surface area contributed by atoms with Gasteiger partial charge in [-0.3, -0.25) is 14.9 Å². The van der Waals surface area contributed by atoms with Gasteiger partial charge in [-0.15, -0.1) is 0 Å². The molecule has 0 aliphatic heterocycles. The molecule has 0 spiro atoms. The zero-order valence-electron chi connectivity index (χ0n) is 7.49. The van der Waals surface area contributed by atoms with Crippen molar-refractivity contribution in [1.29, 1.82) is 0 Å². The fourth-order valence-electron chi connectivity index (χ4n) is 1.03. The number of rotatable bonds is 3. The van der Waals surface area contributed by atoms with E-state index in [1.807, 2.05) is 22.6 Å². The van der Waals surface area contributed by atoms with Crippen LogP contribution in [0.25, 0.3) is 0 Å². The van der Waals surface area contributed by atoms with Crippen molar-refractivity contribution in [1.82, 2.24) is 0 Å². The lowest BCUT2D eigenvalue weighted by molar-refractivity contribution is -0.385. The molecule has 0 atom stereocenters. The van der Waals surface area contributed by atoms with Gasteiger partial charge in [-0.25, -0.2) is 0 Å². The topological polar surface area (TPSA) is 60.2 Å². The van der Waals surface area contributed by atoms with Crippen molar-refractivity contribution < 1.29 is 9.72 Å². The number of carbonyl (C=O) groups is 1. The fourth-order valence-corrected chi connectivity index (χ4v) is 1.74. The Balaban J connectivity index is 3.12. The van der Waals surface area contributed by atoms with Crippen molar-refractivity contribution in [3.05, 3.63) is 37.4 Å². The number of hydrogen-bond acceptors (Lipinski definition) is 3. The summed E-state index contributed by atoms with van der Waals surface area (Å²) in [6.45, 7) is 1.76. The van der Waals surface area contributed by atoms with Gasteiger partial charge in [-0.1, -0.05) is 6.92 Å². The maximum Gasteiger partial charge on any atom is 0.282 e. The summed E-state index contributed by atoms with van der Waals surface area (Å²) >= 11 is 1.86. The average Bonchev–Trinajstić information content (AvgIpc) is 2.15. The third-order valence-corrected chi connectivity index (χ3v) is 2.65. The number of nitro benzene ring substituents is 1. The van der Waals surface area contributed by atoms with E-state index in [4.69, 9.17) is 0 Å². The van der Waals surface area contributed by atoms with Gasteiger partial charge >= 0.3 is 0 Å². The van der Waals surface area contributed by atoms with Crippen LogP contribution in [0.4, 0.5) is 5.69 Å². The van der Waals surface area contributed by atoms with E-state index in [2.05, 4.69) is 0 Å². The normalized spacial score (nSPS) is 9.86. The van der Waals surface area contributed by atoms with Crippen LogP contribution in [0.5, 0.6) is 0 Å². The predicted molar refractivity (Wildman–Crippen MR) is 60.4 cm³/mol. The first kappa shape index (κ1) is 11.1. The first-order valence-electron chi connectivity index (χ1n) is 4.03. The molecule has 0 saturated carbocycles. The van der Waals surface area contributed by atoms with Gasteiger partial charge in [0.1, 0.15) is 0 Å². The summed E-state index contributed by atoms with van der Waals surface area (Å²) in [6, 6.07) is 4.40. The molecule has 0 aliphatic carbocycles. The Morgan fingerprint density at radius 2 is 2.21 bits per heavy atom. The summed E-state index contributed by atoms with van der Waals surface area (Å²) in [5.74, 6) is -0.00202. The molecule has 0 unspecified atom stereocenters. The monoisotopic (exact) mass is 305 g/mol. The number of ketones is 1. The Hall–Kier alpha value is -0.980. The number of nitro groups is 1. The van der Waals surface area contributed by atoms with Gasteiger partial charge in [0.05, 0.1) is 8.49 Å². The Kier molecular flexibility index (Phi) is 3.56. The van der Waals surface area contributed by atoms with Crippen molar-refractivity contribution in [2.75, 3.05) is 0 Å². The van der Waals surface area contributed by atoms with E-state index >= 15 is 0 Å². The molecule has 0 aromatic heterocycles. The van der Waals surface area contributed by atoms with E-state index in [1.54, 1.807) is 13.0 Å². The second-order valence-corrected chi connectivity index (χ2v) is 3.86. The van der Waals surface area contributed by atoms with E-state index in [1.165, 1.54) is 12.1 Å². The largest absolute Gasteiger partial charge is 0.294 e. The molecule has 14 heavy (non-hydrogen) atoms. The van der Waals surface area contributed by atoms with Gasteiger partial charge in [-0.2, -0.15) is 0 Å². The average molecular weight is 305 g/mol. The lowest BCUT2D eigenvalue weighted by atomic mass is 10.1. The highest BCUT2D eigenvalue weighted by atomic mass is 127. The molecule has 74 valence electrons. The molecular weight excluding hydrogens is 297 g/mol. The van der Waals surface area contributed by atoms with Gasteiger partial charge < -0.3 is 0 Å². The minimum absolute atomic E-state index is 0.00202. The second-order valence-electron chi connectivity index (χ2n) is 2.70. The van der Waals surface area contributed by atoms with Crippen molar-refractivity contribution in [2.24, 2.45) is 0 Å². The molecule has 0 radical (unpaired) electrons. The summed E-state index contributed by atoms with van der Waals surface area (Å²) in [5, 5.41) is 10.5. The molecule has 0 saturated heterocycles. The maximum atomic E-state index is 11.3. The molecule has 0 heterocycles. The van der Waals surface area contributed by atoms with E-state index in [0.29, 0.717) is 15.6 Å². The van der Waals surface area contributed by atoms with Crippen LogP contribution >= 0.6 is 22.6 Å². The summed E-state index contributed by atoms with van der Waals surface area (Å²) in [4.78, 5) is 21.3. The van der Waals surface area contributed by atoms with Gasteiger partial charge in [0, 0.05) is 18.1 Å². The van der Waals surface area contributed by atoms with Gasteiger partial charge in [0.25, 0.3) is 5.69 Å². The van der Waals surface area contributed by atoms with Gasteiger partial charge in [0.2, 0.25) is 0 Å². The lowest BCUT2D eigenvalue weighted by Crippen LogP contribution is -1.99. The van der Waals surface area contributed by atoms with Crippen LogP contribution in [0, 0.1) is 13.7 Å². The molecule has 0 fully saturated rings. The quantitative estimate of drug-likeness (QED) is 0.373. The fraction of sp³-hybridized carbons (Fsp3) is 0.222. The molecular formula is C9H8INO3. The zero-order valence-corrected chi connectivity index (χ0v) is 9.65. The molecule has 0 aliphatic rings. The van der Waals surface area contributed by atoms with Gasteiger partial charge in [0.15, 0.2) is 5.78 Å². The van der Waals surface area contributed by atoms with Crippen molar-refractivity contribution in [2.45, 2.75) is 13.3 Å². The molecule has 4 nitrogen and oxygen atoms in total. The minimum atomic E-state index is -0.456. The summed E-state index contributed by atoms with van der Waals surface area (Å²) < 4.78 is 0.493. The van der Waals surface area contributed by atoms with Crippen LogP contribution in [-0.4, -0.2) is 10.7 Å². The van der Waals surface area contributed by atoms with Crippen LogP contribution < -0.4 is 0 Å². The Morgan fingerprint density at radius 1 is 1.57 bits per heavy atom. The smallest absolute Gasteiger partial charge is 0.282 e. The number of benzene rings is 1. The Labute approximate surface area is 94.6 Å². The SMILES string of the molecule is CCC(=O)c1ccc([N+](=O)[O-])c(I)c1. The van der Waals surface area contributed by atoms with Gasteiger partial charge in [-0.05, 0) is 34.7 Å². The minimum Gasteiger partial charge on any atom is -0.294 e. The second kappa shape index (κ2) is 4.50. The Morgan fingerprint density at radius 3 is 2.64 bits per heavy atom. The van der Waals surface area contributed by atoms with Crippen LogP contribution in [0.1, 0.15) is 23.7 Å². The predicted octanol–water partition coefficient (Wildman–Crippen LogP) is 2.79. The lowest BCUT2D eigenvalue weighted by Gasteiger charge is -1.99. The third kappa shape index (κ3) is 2.28. The zero-order chi connectivity index (χ0) is 10.7. The van der Waals surface area contributed by atoms with Crippen LogP contribution in [-0.2, 0) is 0 Å². The van der Waals surface area contributed by atoms with E-state index < -0.39 is 4.92 Å². The highest BCUT2D eigenvalue weighted by Gasteiger charge is 2.13. The summed E-state index contributed by atoms with van der Waals surface area (Å²) in [5.41, 5.74) is 0.570. The third-order valence-electron chi connectivity index (χ3n) is 1.79.